The molecule has 0 saturated carbocycles. The number of pyridine rings is 1. The van der Waals surface area contributed by atoms with Gasteiger partial charge in [-0.3, -0.25) is 14.3 Å². The van der Waals surface area contributed by atoms with E-state index >= 15 is 0 Å². The van der Waals surface area contributed by atoms with Gasteiger partial charge in [-0.05, 0) is 54.8 Å². The van der Waals surface area contributed by atoms with E-state index in [2.05, 4.69) is 9.83 Å². The van der Waals surface area contributed by atoms with Gasteiger partial charge in [-0.1, -0.05) is 24.3 Å². The molecule has 34 heavy (non-hydrogen) atoms. The third-order valence-electron chi connectivity index (χ3n) is 5.76. The fourth-order valence-electron chi connectivity index (χ4n) is 4.05. The Morgan fingerprint density at radius 1 is 1.18 bits per heavy atom. The minimum Gasteiger partial charge on any atom is -0.494 e. The highest BCUT2D eigenvalue weighted by molar-refractivity contribution is 5.97. The van der Waals surface area contributed by atoms with Crippen molar-refractivity contribution >= 4 is 22.2 Å². The summed E-state index contributed by atoms with van der Waals surface area (Å²) in [6, 6.07) is 11.4. The van der Waals surface area contributed by atoms with E-state index in [0.717, 1.165) is 16.8 Å². The molecule has 7 heteroatoms. The summed E-state index contributed by atoms with van der Waals surface area (Å²) in [4.78, 5) is 26.7. The molecule has 0 fully saturated rings. The van der Waals surface area contributed by atoms with Crippen LogP contribution in [0.3, 0.4) is 0 Å². The Morgan fingerprint density at radius 2 is 2.03 bits per heavy atom. The third-order valence-corrected chi connectivity index (χ3v) is 5.76. The number of fused-ring (bicyclic) bond motifs is 1. The minimum absolute atomic E-state index is 0.0818. The molecule has 0 unspecified atom stereocenters. The van der Waals surface area contributed by atoms with Crippen LogP contribution in [-0.2, 0) is 0 Å². The Bertz CT molecular complexity index is 1610. The zero-order chi connectivity index (χ0) is 23.8. The lowest BCUT2D eigenvalue weighted by Gasteiger charge is -2.17. The Hall–Kier alpha value is -4.57. The molecule has 6 nitrogen and oxygen atoms in total. The number of halogens is 1. The second kappa shape index (κ2) is 8.41. The molecule has 0 amide bonds. The Balaban J connectivity index is 1.88. The number of rotatable bonds is 4. The lowest BCUT2D eigenvalue weighted by Crippen LogP contribution is -2.24. The number of methoxy groups -OCH3 is 1. The fourth-order valence-corrected chi connectivity index (χ4v) is 4.05. The molecule has 4 aromatic rings. The molecule has 0 bridgehead atoms. The standard InChI is InChI=1S/C27H19FN4O2/c1-16-8-9-18(15-30-16)21-12-19(29-2)13-22-25(21)31-26(17-6-4-5-7-17)32(27(22)33)20-10-11-24(34-3)23(28)14-20/h4-6,8-15H,7H2,1,3H3. The number of allylic oxidation sites excluding steroid dienone is 4. The molecule has 2 aromatic carbocycles. The largest absolute Gasteiger partial charge is 0.494 e. The van der Waals surface area contributed by atoms with Crippen molar-refractivity contribution in [2.45, 2.75) is 13.3 Å². The van der Waals surface area contributed by atoms with Crippen LogP contribution in [0.2, 0.25) is 0 Å². The molecule has 1 aliphatic rings. The van der Waals surface area contributed by atoms with Gasteiger partial charge in [0.25, 0.3) is 5.56 Å². The number of hydrogen-bond donors (Lipinski definition) is 0. The van der Waals surface area contributed by atoms with Crippen molar-refractivity contribution in [1.29, 1.82) is 0 Å². The molecule has 0 N–H and O–H groups in total. The smallest absolute Gasteiger partial charge is 0.264 e. The average molecular weight is 450 g/mol. The van der Waals surface area contributed by atoms with Gasteiger partial charge in [0.05, 0.1) is 30.3 Å². The van der Waals surface area contributed by atoms with Crippen LogP contribution >= 0.6 is 0 Å². The van der Waals surface area contributed by atoms with Crippen LogP contribution in [0.1, 0.15) is 17.9 Å². The van der Waals surface area contributed by atoms with Crippen molar-refractivity contribution < 1.29 is 9.13 Å². The number of nitrogens with zero attached hydrogens (tertiary/aromatic N) is 4. The van der Waals surface area contributed by atoms with Gasteiger partial charge in [0, 0.05) is 23.5 Å². The molecule has 2 heterocycles. The number of aromatic nitrogens is 3. The maximum Gasteiger partial charge on any atom is 0.264 e. The molecule has 0 spiro atoms. The Kier molecular flexibility index (Phi) is 5.27. The number of ether oxygens (including phenoxy) is 1. The van der Waals surface area contributed by atoms with Crippen LogP contribution in [-0.4, -0.2) is 21.6 Å². The first-order chi connectivity index (χ1) is 16.5. The maximum absolute atomic E-state index is 14.6. The van der Waals surface area contributed by atoms with Gasteiger partial charge in [0.15, 0.2) is 17.3 Å². The summed E-state index contributed by atoms with van der Waals surface area (Å²) in [6.45, 7) is 9.44. The molecular formula is C27H19FN4O2. The molecule has 166 valence electrons. The van der Waals surface area contributed by atoms with E-state index in [1.165, 1.54) is 29.9 Å². The average Bonchev–Trinajstić information content (AvgIpc) is 3.39. The van der Waals surface area contributed by atoms with Crippen LogP contribution < -0.4 is 10.3 Å². The molecular weight excluding hydrogens is 431 g/mol. The highest BCUT2D eigenvalue weighted by Crippen LogP contribution is 2.33. The summed E-state index contributed by atoms with van der Waals surface area (Å²) >= 11 is 0. The Morgan fingerprint density at radius 3 is 2.68 bits per heavy atom. The zero-order valence-corrected chi connectivity index (χ0v) is 18.5. The van der Waals surface area contributed by atoms with Crippen LogP contribution in [0.25, 0.3) is 38.1 Å². The van der Waals surface area contributed by atoms with Gasteiger partial charge in [-0.15, -0.1) is 0 Å². The van der Waals surface area contributed by atoms with Crippen molar-refractivity contribution in [2.75, 3.05) is 7.11 Å². The molecule has 2 aromatic heterocycles. The van der Waals surface area contributed by atoms with Gasteiger partial charge >= 0.3 is 0 Å². The number of aryl methyl sites for hydroxylation is 1. The lowest BCUT2D eigenvalue weighted by atomic mass is 10.0. The molecule has 0 atom stereocenters. The molecule has 5 rings (SSSR count). The first-order valence-electron chi connectivity index (χ1n) is 10.6. The second-order valence-corrected chi connectivity index (χ2v) is 7.91. The molecule has 1 aliphatic carbocycles. The zero-order valence-electron chi connectivity index (χ0n) is 18.5. The molecule has 0 saturated heterocycles. The van der Waals surface area contributed by atoms with E-state index in [4.69, 9.17) is 16.3 Å². The first-order valence-corrected chi connectivity index (χ1v) is 10.6. The second-order valence-electron chi connectivity index (χ2n) is 7.91. The number of benzene rings is 2. The lowest BCUT2D eigenvalue weighted by molar-refractivity contribution is 0.386. The molecule has 0 radical (unpaired) electrons. The van der Waals surface area contributed by atoms with Gasteiger partial charge in [-0.25, -0.2) is 14.2 Å². The summed E-state index contributed by atoms with van der Waals surface area (Å²) in [5, 5.41) is 0.274. The van der Waals surface area contributed by atoms with E-state index in [0.29, 0.717) is 34.7 Å². The third kappa shape index (κ3) is 3.55. The van der Waals surface area contributed by atoms with E-state index in [1.54, 1.807) is 18.3 Å². The SMILES string of the molecule is [C-]#[N+]c1cc(-c2ccc(C)nc2)c2nc(C3=CC=CC3)n(-c3ccc(OC)c(F)c3)c(=O)c2c1. The van der Waals surface area contributed by atoms with Crippen molar-refractivity contribution in [2.24, 2.45) is 0 Å². The van der Waals surface area contributed by atoms with Gasteiger partial charge in [-0.2, -0.15) is 0 Å². The maximum atomic E-state index is 14.6. The van der Waals surface area contributed by atoms with E-state index in [-0.39, 0.29) is 16.7 Å². The van der Waals surface area contributed by atoms with E-state index in [9.17, 15) is 9.18 Å². The van der Waals surface area contributed by atoms with E-state index < -0.39 is 5.82 Å². The fraction of sp³-hybridized carbons (Fsp3) is 0.111. The predicted octanol–water partition coefficient (Wildman–Crippen LogP) is 5.80. The summed E-state index contributed by atoms with van der Waals surface area (Å²) < 4.78 is 21.0. The highest BCUT2D eigenvalue weighted by Gasteiger charge is 2.20. The van der Waals surface area contributed by atoms with Crippen LogP contribution in [0.4, 0.5) is 10.1 Å². The van der Waals surface area contributed by atoms with Gasteiger partial charge in [0.2, 0.25) is 0 Å². The van der Waals surface area contributed by atoms with Crippen molar-refractivity contribution in [1.82, 2.24) is 14.5 Å². The van der Waals surface area contributed by atoms with Crippen molar-refractivity contribution in [3.05, 3.63) is 106 Å². The van der Waals surface area contributed by atoms with Crippen molar-refractivity contribution in [3.8, 4) is 22.6 Å². The van der Waals surface area contributed by atoms with E-state index in [1.807, 2.05) is 37.3 Å². The summed E-state index contributed by atoms with van der Waals surface area (Å²) in [5.41, 5.74) is 3.81. The summed E-state index contributed by atoms with van der Waals surface area (Å²) in [5.74, 6) is -0.0833. The number of hydrogen-bond acceptors (Lipinski definition) is 4. The monoisotopic (exact) mass is 450 g/mol. The topological polar surface area (TPSA) is 61.4 Å². The van der Waals surface area contributed by atoms with Crippen LogP contribution in [0.15, 0.2) is 71.7 Å². The predicted molar refractivity (Wildman–Crippen MR) is 130 cm³/mol. The van der Waals surface area contributed by atoms with Crippen LogP contribution in [0, 0.1) is 19.3 Å². The minimum atomic E-state index is -0.585. The van der Waals surface area contributed by atoms with Gasteiger partial charge in [0.1, 0.15) is 5.82 Å². The molecule has 0 aliphatic heterocycles. The summed E-state index contributed by atoms with van der Waals surface area (Å²) in [7, 11) is 1.38. The van der Waals surface area contributed by atoms with Crippen molar-refractivity contribution in [3.63, 3.8) is 0 Å². The van der Waals surface area contributed by atoms with Gasteiger partial charge < -0.3 is 4.74 Å². The highest BCUT2D eigenvalue weighted by atomic mass is 19.1. The Labute approximate surface area is 195 Å². The normalized spacial score (nSPS) is 12.6. The quantitative estimate of drug-likeness (QED) is 0.369. The van der Waals surface area contributed by atoms with Crippen LogP contribution in [0.5, 0.6) is 5.75 Å². The summed E-state index contributed by atoms with van der Waals surface area (Å²) in [6.07, 6.45) is 8.07. The first kappa shape index (κ1) is 21.3.